The molecule has 0 spiro atoms. The number of carbonyl (C=O) groups is 2. The molecule has 0 aliphatic carbocycles. The summed E-state index contributed by atoms with van der Waals surface area (Å²) in [6, 6.07) is 12.9. The fourth-order valence-electron chi connectivity index (χ4n) is 2.70. The Morgan fingerprint density at radius 3 is 2.46 bits per heavy atom. The predicted octanol–water partition coefficient (Wildman–Crippen LogP) is 3.26. The first kappa shape index (κ1) is 19.5. The summed E-state index contributed by atoms with van der Waals surface area (Å²) in [5.74, 6) is 0.319. The van der Waals surface area contributed by atoms with E-state index in [1.165, 1.54) is 0 Å². The molecule has 0 saturated carbocycles. The minimum Gasteiger partial charge on any atom is -0.496 e. The zero-order valence-electron chi connectivity index (χ0n) is 16.0. The molecule has 138 valence electrons. The second-order valence-electron chi connectivity index (χ2n) is 6.40. The topological polar surface area (TPSA) is 58.6 Å². The van der Waals surface area contributed by atoms with Crippen LogP contribution in [0.1, 0.15) is 40.0 Å². The number of carbonyl (C=O) groups excluding carboxylic acids is 2. The molecular weight excluding hydrogens is 328 g/mol. The van der Waals surface area contributed by atoms with Gasteiger partial charge in [0.25, 0.3) is 5.91 Å². The molecule has 0 aromatic heterocycles. The number of rotatable bonds is 6. The number of nitrogens with zero attached hydrogens (tertiary/aromatic N) is 1. The van der Waals surface area contributed by atoms with E-state index in [0.717, 1.165) is 22.4 Å². The zero-order chi connectivity index (χ0) is 19.3. The molecule has 0 fully saturated rings. The third kappa shape index (κ3) is 4.42. The van der Waals surface area contributed by atoms with Gasteiger partial charge < -0.3 is 15.0 Å². The number of aryl methyl sites for hydroxylation is 2. The van der Waals surface area contributed by atoms with E-state index in [9.17, 15) is 9.59 Å². The Morgan fingerprint density at radius 1 is 1.12 bits per heavy atom. The quantitative estimate of drug-likeness (QED) is 0.866. The number of benzene rings is 2. The van der Waals surface area contributed by atoms with Gasteiger partial charge in [-0.3, -0.25) is 9.59 Å². The number of likely N-dealkylation sites (N-methyl/N-ethyl adjacent to an activating group) is 1. The van der Waals surface area contributed by atoms with Gasteiger partial charge in [0.15, 0.2) is 0 Å². The molecule has 0 radical (unpaired) electrons. The van der Waals surface area contributed by atoms with Gasteiger partial charge in [0.1, 0.15) is 5.75 Å². The third-order valence-electron chi connectivity index (χ3n) is 4.73. The highest BCUT2D eigenvalue weighted by Crippen LogP contribution is 2.27. The number of ether oxygens (including phenoxy) is 1. The fraction of sp³-hybridized carbons (Fsp3) is 0.333. The summed E-state index contributed by atoms with van der Waals surface area (Å²) in [7, 11) is 3.33. The van der Waals surface area contributed by atoms with E-state index in [1.54, 1.807) is 25.1 Å². The summed E-state index contributed by atoms with van der Waals surface area (Å²) in [5.41, 5.74) is 3.65. The normalized spacial score (nSPS) is 11.6. The Hall–Kier alpha value is -2.82. The van der Waals surface area contributed by atoms with E-state index in [0.29, 0.717) is 5.56 Å². The van der Waals surface area contributed by atoms with Crippen LogP contribution in [-0.4, -0.2) is 37.4 Å². The highest BCUT2D eigenvalue weighted by Gasteiger charge is 2.20. The van der Waals surface area contributed by atoms with Crippen molar-refractivity contribution in [3.63, 3.8) is 0 Å². The molecule has 5 heteroatoms. The molecule has 1 unspecified atom stereocenters. The van der Waals surface area contributed by atoms with Crippen LogP contribution in [0.5, 0.6) is 5.75 Å². The minimum absolute atomic E-state index is 0.0538. The third-order valence-corrected chi connectivity index (χ3v) is 4.73. The Balaban J connectivity index is 2.00. The van der Waals surface area contributed by atoms with Crippen LogP contribution in [0.4, 0.5) is 0 Å². The average Bonchev–Trinajstić information content (AvgIpc) is 2.66. The van der Waals surface area contributed by atoms with Gasteiger partial charge in [-0.15, -0.1) is 0 Å². The smallest absolute Gasteiger partial charge is 0.251 e. The van der Waals surface area contributed by atoms with Crippen molar-refractivity contribution in [2.24, 2.45) is 0 Å². The first-order valence-corrected chi connectivity index (χ1v) is 8.59. The highest BCUT2D eigenvalue weighted by molar-refractivity contribution is 5.96. The van der Waals surface area contributed by atoms with Gasteiger partial charge in [-0.2, -0.15) is 0 Å². The molecule has 0 heterocycles. The molecular formula is C21H26N2O3. The maximum absolute atomic E-state index is 12.5. The van der Waals surface area contributed by atoms with Crippen molar-refractivity contribution in [1.82, 2.24) is 10.2 Å². The number of para-hydroxylation sites is 1. The molecule has 0 aliphatic heterocycles. The molecule has 0 saturated heterocycles. The van der Waals surface area contributed by atoms with E-state index < -0.39 is 0 Å². The monoisotopic (exact) mass is 354 g/mol. The Bertz CT molecular complexity index is 802. The number of nitrogens with one attached hydrogen (secondary N) is 1. The Labute approximate surface area is 155 Å². The van der Waals surface area contributed by atoms with E-state index in [1.807, 2.05) is 57.2 Å². The lowest BCUT2D eigenvalue weighted by Gasteiger charge is -2.26. The van der Waals surface area contributed by atoms with Gasteiger partial charge in [0.2, 0.25) is 5.91 Å². The second kappa shape index (κ2) is 8.52. The molecule has 1 atom stereocenters. The molecule has 2 aromatic rings. The maximum Gasteiger partial charge on any atom is 0.251 e. The maximum atomic E-state index is 12.5. The van der Waals surface area contributed by atoms with Gasteiger partial charge in [0, 0.05) is 18.2 Å². The minimum atomic E-state index is -0.250. The molecule has 1 N–H and O–H groups in total. The number of amides is 2. The van der Waals surface area contributed by atoms with Crippen molar-refractivity contribution < 1.29 is 14.3 Å². The van der Waals surface area contributed by atoms with Crippen molar-refractivity contribution >= 4 is 11.8 Å². The lowest BCUT2D eigenvalue weighted by atomic mass is 10.1. The van der Waals surface area contributed by atoms with Crippen LogP contribution in [0.2, 0.25) is 0 Å². The van der Waals surface area contributed by atoms with Crippen molar-refractivity contribution in [3.05, 3.63) is 64.7 Å². The first-order chi connectivity index (χ1) is 12.3. The van der Waals surface area contributed by atoms with Crippen molar-refractivity contribution in [3.8, 4) is 5.75 Å². The van der Waals surface area contributed by atoms with Crippen molar-refractivity contribution in [2.75, 3.05) is 20.7 Å². The van der Waals surface area contributed by atoms with Crippen molar-refractivity contribution in [2.45, 2.75) is 26.8 Å². The summed E-state index contributed by atoms with van der Waals surface area (Å²) in [5, 5.41) is 2.70. The highest BCUT2D eigenvalue weighted by atomic mass is 16.5. The molecule has 0 bridgehead atoms. The van der Waals surface area contributed by atoms with Crippen molar-refractivity contribution in [1.29, 1.82) is 0 Å². The summed E-state index contributed by atoms with van der Waals surface area (Å²) in [4.78, 5) is 26.4. The number of methoxy groups -OCH3 is 1. The standard InChI is InChI=1S/C21H26N2O3/c1-14-10-11-17(12-15(14)2)21(25)22-13-20(24)23(4)16(3)18-8-6-7-9-19(18)26-5/h6-12,16H,13H2,1-5H3,(H,22,25). The van der Waals surface area contributed by atoms with Crippen LogP contribution in [0.15, 0.2) is 42.5 Å². The van der Waals surface area contributed by atoms with Gasteiger partial charge in [-0.25, -0.2) is 0 Å². The molecule has 5 nitrogen and oxygen atoms in total. The summed E-state index contributed by atoms with van der Waals surface area (Å²) in [6.07, 6.45) is 0. The van der Waals surface area contributed by atoms with Crippen LogP contribution in [0.25, 0.3) is 0 Å². The van der Waals surface area contributed by atoms with Gasteiger partial charge in [0.05, 0.1) is 19.7 Å². The predicted molar refractivity (Wildman–Crippen MR) is 102 cm³/mol. The molecule has 2 rings (SSSR count). The summed E-state index contributed by atoms with van der Waals surface area (Å²) >= 11 is 0. The Morgan fingerprint density at radius 2 is 1.81 bits per heavy atom. The van der Waals surface area contributed by atoms with Gasteiger partial charge in [-0.1, -0.05) is 24.3 Å². The average molecular weight is 354 g/mol. The van der Waals surface area contributed by atoms with Crippen LogP contribution >= 0.6 is 0 Å². The van der Waals surface area contributed by atoms with E-state index >= 15 is 0 Å². The lowest BCUT2D eigenvalue weighted by molar-refractivity contribution is -0.130. The SMILES string of the molecule is COc1ccccc1C(C)N(C)C(=O)CNC(=O)c1ccc(C)c(C)c1. The fourth-order valence-corrected chi connectivity index (χ4v) is 2.70. The van der Waals surface area contributed by atoms with Crippen LogP contribution in [-0.2, 0) is 4.79 Å². The summed E-state index contributed by atoms with van der Waals surface area (Å²) in [6.45, 7) is 5.83. The summed E-state index contributed by atoms with van der Waals surface area (Å²) < 4.78 is 5.37. The molecule has 0 aliphatic rings. The number of hydrogen-bond donors (Lipinski definition) is 1. The van der Waals surface area contributed by atoms with Crippen LogP contribution < -0.4 is 10.1 Å². The van der Waals surface area contributed by atoms with E-state index in [2.05, 4.69) is 5.32 Å². The lowest BCUT2D eigenvalue weighted by Crippen LogP contribution is -2.39. The first-order valence-electron chi connectivity index (χ1n) is 8.59. The zero-order valence-corrected chi connectivity index (χ0v) is 16.0. The number of hydrogen-bond acceptors (Lipinski definition) is 3. The van der Waals surface area contributed by atoms with Gasteiger partial charge in [-0.05, 0) is 50.1 Å². The van der Waals surface area contributed by atoms with Crippen LogP contribution in [0, 0.1) is 13.8 Å². The Kier molecular flexibility index (Phi) is 6.39. The molecule has 2 amide bonds. The molecule has 26 heavy (non-hydrogen) atoms. The van der Waals surface area contributed by atoms with Gasteiger partial charge >= 0.3 is 0 Å². The molecule has 2 aromatic carbocycles. The van der Waals surface area contributed by atoms with E-state index in [4.69, 9.17) is 4.74 Å². The van der Waals surface area contributed by atoms with E-state index in [-0.39, 0.29) is 24.4 Å². The second-order valence-corrected chi connectivity index (χ2v) is 6.40. The largest absolute Gasteiger partial charge is 0.496 e. The van der Waals surface area contributed by atoms with Crippen LogP contribution in [0.3, 0.4) is 0 Å².